The van der Waals surface area contributed by atoms with Crippen molar-refractivity contribution in [1.82, 2.24) is 9.78 Å². The number of anilines is 1. The molecule has 0 radical (unpaired) electrons. The van der Waals surface area contributed by atoms with Crippen LogP contribution in [-0.4, -0.2) is 9.78 Å². The highest BCUT2D eigenvalue weighted by Gasteiger charge is 2.05. The molecule has 1 aromatic carbocycles. The van der Waals surface area contributed by atoms with Gasteiger partial charge in [-0.25, -0.2) is 0 Å². The van der Waals surface area contributed by atoms with E-state index >= 15 is 0 Å². The van der Waals surface area contributed by atoms with Crippen LogP contribution in [0.25, 0.3) is 0 Å². The maximum absolute atomic E-state index is 6.04. The van der Waals surface area contributed by atoms with Gasteiger partial charge in [0.2, 0.25) is 0 Å². The first kappa shape index (κ1) is 11.3. The van der Waals surface area contributed by atoms with Gasteiger partial charge in [0.05, 0.1) is 28.0 Å². The molecule has 0 saturated heterocycles. The fourth-order valence-corrected chi connectivity index (χ4v) is 1.95. The SMILES string of the molecule is Cn1nccc1CNc1c(Cl)cccc1Cl. The fourth-order valence-electron chi connectivity index (χ4n) is 1.42. The molecule has 1 N–H and O–H groups in total. The number of aryl methyl sites for hydroxylation is 1. The molecule has 0 atom stereocenters. The fraction of sp³-hybridized carbons (Fsp3) is 0.182. The number of hydrogen-bond donors (Lipinski definition) is 1. The van der Waals surface area contributed by atoms with Crippen molar-refractivity contribution in [2.45, 2.75) is 6.54 Å². The molecule has 0 aliphatic carbocycles. The van der Waals surface area contributed by atoms with E-state index in [0.29, 0.717) is 16.6 Å². The molecule has 1 heterocycles. The average Bonchev–Trinajstić information content (AvgIpc) is 2.64. The Balaban J connectivity index is 2.14. The lowest BCUT2D eigenvalue weighted by atomic mass is 10.3. The van der Waals surface area contributed by atoms with Crippen molar-refractivity contribution < 1.29 is 0 Å². The Morgan fingerprint density at radius 1 is 1.25 bits per heavy atom. The minimum atomic E-state index is 0.620. The van der Waals surface area contributed by atoms with Crippen molar-refractivity contribution in [3.05, 3.63) is 46.2 Å². The van der Waals surface area contributed by atoms with Gasteiger partial charge in [-0.2, -0.15) is 5.10 Å². The number of hydrogen-bond acceptors (Lipinski definition) is 2. The van der Waals surface area contributed by atoms with Crippen LogP contribution in [0.15, 0.2) is 30.5 Å². The van der Waals surface area contributed by atoms with Gasteiger partial charge in [0.1, 0.15) is 0 Å². The first-order valence-corrected chi connectivity index (χ1v) is 5.59. The number of benzene rings is 1. The van der Waals surface area contributed by atoms with Gasteiger partial charge in [-0.3, -0.25) is 4.68 Å². The molecular weight excluding hydrogens is 245 g/mol. The lowest BCUT2D eigenvalue weighted by Gasteiger charge is -2.10. The Hall–Kier alpha value is -1.19. The Morgan fingerprint density at radius 3 is 2.50 bits per heavy atom. The zero-order chi connectivity index (χ0) is 11.5. The van der Waals surface area contributed by atoms with Crippen LogP contribution in [0.2, 0.25) is 10.0 Å². The Morgan fingerprint density at radius 2 is 1.94 bits per heavy atom. The molecule has 0 bridgehead atoms. The van der Waals surface area contributed by atoms with Gasteiger partial charge in [0, 0.05) is 13.2 Å². The van der Waals surface area contributed by atoms with E-state index in [0.717, 1.165) is 11.4 Å². The minimum absolute atomic E-state index is 0.620. The van der Waals surface area contributed by atoms with Gasteiger partial charge in [0.15, 0.2) is 0 Å². The number of halogens is 2. The Kier molecular flexibility index (Phi) is 3.36. The maximum atomic E-state index is 6.04. The summed E-state index contributed by atoms with van der Waals surface area (Å²) in [6, 6.07) is 7.37. The van der Waals surface area contributed by atoms with Crippen molar-refractivity contribution in [3.63, 3.8) is 0 Å². The second-order valence-electron chi connectivity index (χ2n) is 3.40. The molecule has 0 saturated carbocycles. The van der Waals surface area contributed by atoms with Crippen molar-refractivity contribution in [2.75, 3.05) is 5.32 Å². The van der Waals surface area contributed by atoms with Gasteiger partial charge in [-0.1, -0.05) is 29.3 Å². The van der Waals surface area contributed by atoms with Crippen LogP contribution >= 0.6 is 23.2 Å². The van der Waals surface area contributed by atoms with Crippen molar-refractivity contribution >= 4 is 28.9 Å². The molecule has 2 rings (SSSR count). The highest BCUT2D eigenvalue weighted by Crippen LogP contribution is 2.29. The minimum Gasteiger partial charge on any atom is -0.377 e. The molecule has 0 aliphatic heterocycles. The lowest BCUT2D eigenvalue weighted by molar-refractivity contribution is 0.720. The van der Waals surface area contributed by atoms with E-state index in [4.69, 9.17) is 23.2 Å². The first-order chi connectivity index (χ1) is 7.68. The Labute approximate surface area is 104 Å². The predicted molar refractivity (Wildman–Crippen MR) is 67.0 cm³/mol. The van der Waals surface area contributed by atoms with Crippen LogP contribution in [0.3, 0.4) is 0 Å². The Bertz CT molecular complexity index is 473. The van der Waals surface area contributed by atoms with Crippen LogP contribution in [0.5, 0.6) is 0 Å². The third-order valence-corrected chi connectivity index (χ3v) is 2.96. The number of nitrogens with zero attached hydrogens (tertiary/aromatic N) is 2. The van der Waals surface area contributed by atoms with Gasteiger partial charge in [-0.05, 0) is 18.2 Å². The van der Waals surface area contributed by atoms with E-state index in [1.54, 1.807) is 23.0 Å². The molecule has 3 nitrogen and oxygen atoms in total. The number of para-hydroxylation sites is 1. The summed E-state index contributed by atoms with van der Waals surface area (Å²) in [4.78, 5) is 0. The van der Waals surface area contributed by atoms with Gasteiger partial charge in [0.25, 0.3) is 0 Å². The molecule has 0 unspecified atom stereocenters. The molecule has 0 spiro atoms. The second kappa shape index (κ2) is 4.76. The van der Waals surface area contributed by atoms with E-state index < -0.39 is 0 Å². The molecular formula is C11H11Cl2N3. The van der Waals surface area contributed by atoms with Crippen molar-refractivity contribution in [2.24, 2.45) is 7.05 Å². The topological polar surface area (TPSA) is 29.9 Å². The summed E-state index contributed by atoms with van der Waals surface area (Å²) in [5, 5.41) is 8.52. The summed E-state index contributed by atoms with van der Waals surface area (Å²) in [5.41, 5.74) is 1.82. The lowest BCUT2D eigenvalue weighted by Crippen LogP contribution is -2.06. The third-order valence-electron chi connectivity index (χ3n) is 2.33. The first-order valence-electron chi connectivity index (χ1n) is 4.83. The largest absolute Gasteiger partial charge is 0.377 e. The molecule has 0 aliphatic rings. The molecule has 84 valence electrons. The summed E-state index contributed by atoms with van der Waals surface area (Å²) in [6.45, 7) is 0.639. The van der Waals surface area contributed by atoms with Crippen LogP contribution < -0.4 is 5.32 Å². The van der Waals surface area contributed by atoms with E-state index in [-0.39, 0.29) is 0 Å². The summed E-state index contributed by atoms with van der Waals surface area (Å²) < 4.78 is 1.80. The number of rotatable bonds is 3. The molecule has 16 heavy (non-hydrogen) atoms. The number of aromatic nitrogens is 2. The zero-order valence-corrected chi connectivity index (χ0v) is 10.3. The monoisotopic (exact) mass is 255 g/mol. The zero-order valence-electron chi connectivity index (χ0n) is 8.74. The van der Waals surface area contributed by atoms with Gasteiger partial charge in [-0.15, -0.1) is 0 Å². The predicted octanol–water partition coefficient (Wildman–Crippen LogP) is 3.34. The molecule has 0 amide bonds. The van der Waals surface area contributed by atoms with Gasteiger partial charge < -0.3 is 5.32 Å². The highest BCUT2D eigenvalue weighted by molar-refractivity contribution is 6.39. The molecule has 2 aromatic rings. The summed E-state index contributed by atoms with van der Waals surface area (Å²) in [7, 11) is 1.89. The van der Waals surface area contributed by atoms with E-state index in [9.17, 15) is 0 Å². The van der Waals surface area contributed by atoms with E-state index in [2.05, 4.69) is 10.4 Å². The average molecular weight is 256 g/mol. The van der Waals surface area contributed by atoms with Crippen LogP contribution in [0.1, 0.15) is 5.69 Å². The number of nitrogens with one attached hydrogen (secondary N) is 1. The second-order valence-corrected chi connectivity index (χ2v) is 4.21. The van der Waals surface area contributed by atoms with E-state index in [1.165, 1.54) is 0 Å². The van der Waals surface area contributed by atoms with Crippen LogP contribution in [0.4, 0.5) is 5.69 Å². The summed E-state index contributed by atoms with van der Waals surface area (Å²) in [6.07, 6.45) is 1.76. The van der Waals surface area contributed by atoms with Gasteiger partial charge >= 0.3 is 0 Å². The molecule has 5 heteroatoms. The molecule has 1 aromatic heterocycles. The highest BCUT2D eigenvalue weighted by atomic mass is 35.5. The standard InChI is InChI=1S/C11H11Cl2N3/c1-16-8(5-6-15-16)7-14-11-9(12)3-2-4-10(11)13/h2-6,14H,7H2,1H3. The molecule has 0 fully saturated rings. The van der Waals surface area contributed by atoms with Crippen molar-refractivity contribution in [1.29, 1.82) is 0 Å². The summed E-state index contributed by atoms with van der Waals surface area (Å²) in [5.74, 6) is 0. The maximum Gasteiger partial charge on any atom is 0.0722 e. The van der Waals surface area contributed by atoms with Crippen LogP contribution in [-0.2, 0) is 13.6 Å². The summed E-state index contributed by atoms with van der Waals surface area (Å²) >= 11 is 12.1. The van der Waals surface area contributed by atoms with E-state index in [1.807, 2.05) is 19.2 Å². The quantitative estimate of drug-likeness (QED) is 0.912. The smallest absolute Gasteiger partial charge is 0.0722 e. The van der Waals surface area contributed by atoms with Crippen LogP contribution in [0, 0.1) is 0 Å². The van der Waals surface area contributed by atoms with Crippen molar-refractivity contribution in [3.8, 4) is 0 Å². The third kappa shape index (κ3) is 2.31. The normalized spacial score (nSPS) is 10.4.